The maximum Gasteiger partial charge on any atom is 0.305 e. The molecule has 0 bridgehead atoms. The van der Waals surface area contributed by atoms with E-state index in [2.05, 4.69) is 15.5 Å². The summed E-state index contributed by atoms with van der Waals surface area (Å²) in [6.07, 6.45) is 1.31. The van der Waals surface area contributed by atoms with Crippen LogP contribution in [0.2, 0.25) is 5.02 Å². The molecule has 1 atom stereocenters. The fourth-order valence-electron chi connectivity index (χ4n) is 1.67. The molecule has 1 unspecified atom stereocenters. The van der Waals surface area contributed by atoms with Crippen molar-refractivity contribution in [2.45, 2.75) is 18.6 Å². The molecule has 0 aliphatic carbocycles. The number of amidine groups is 1. The molecule has 1 aliphatic heterocycles. The molecule has 1 amide bonds. The number of carbonyl (C=O) groups is 2. The average Bonchev–Trinajstić information content (AvgIpc) is 2.72. The molecule has 8 heteroatoms. The zero-order chi connectivity index (χ0) is 15.4. The van der Waals surface area contributed by atoms with Gasteiger partial charge in [0.15, 0.2) is 5.17 Å². The molecular weight excluding hydrogens is 314 g/mol. The number of halogens is 1. The van der Waals surface area contributed by atoms with Gasteiger partial charge >= 0.3 is 5.97 Å². The number of rotatable bonds is 4. The second-order valence-electron chi connectivity index (χ2n) is 4.34. The summed E-state index contributed by atoms with van der Waals surface area (Å²) in [6, 6.07) is 5.37. The van der Waals surface area contributed by atoms with Crippen LogP contribution in [0.1, 0.15) is 17.5 Å². The average molecular weight is 326 g/mol. The van der Waals surface area contributed by atoms with Gasteiger partial charge in [-0.15, -0.1) is 5.10 Å². The van der Waals surface area contributed by atoms with Gasteiger partial charge in [0.25, 0.3) is 0 Å². The van der Waals surface area contributed by atoms with Gasteiger partial charge < -0.3 is 10.4 Å². The first kappa shape index (κ1) is 15.5. The highest BCUT2D eigenvalue weighted by Crippen LogP contribution is 2.22. The van der Waals surface area contributed by atoms with Gasteiger partial charge in [-0.1, -0.05) is 29.4 Å². The Labute approximate surface area is 130 Å². The molecule has 1 saturated heterocycles. The standard InChI is InChI=1S/C13H12ClN3O3S/c1-7-4-9(14)3-2-8(7)6-15-17-13-16-12(20)10(21-13)5-11(18)19/h2-4,6,10H,5H2,1H3,(H,18,19)(H,16,17,20). The number of amides is 1. The third-order valence-electron chi connectivity index (χ3n) is 2.71. The van der Waals surface area contributed by atoms with Gasteiger partial charge in [-0.3, -0.25) is 9.59 Å². The summed E-state index contributed by atoms with van der Waals surface area (Å²) in [5, 5.41) is 19.2. The molecule has 1 heterocycles. The van der Waals surface area contributed by atoms with E-state index in [9.17, 15) is 9.59 Å². The van der Waals surface area contributed by atoms with Gasteiger partial charge in [0.1, 0.15) is 5.25 Å². The molecule has 110 valence electrons. The molecule has 2 N–H and O–H groups in total. The summed E-state index contributed by atoms with van der Waals surface area (Å²) < 4.78 is 0. The van der Waals surface area contributed by atoms with Gasteiger partial charge in [0.2, 0.25) is 5.91 Å². The molecule has 6 nitrogen and oxygen atoms in total. The Balaban J connectivity index is 2.03. The van der Waals surface area contributed by atoms with Crippen molar-refractivity contribution in [3.8, 4) is 0 Å². The van der Waals surface area contributed by atoms with Crippen molar-refractivity contribution in [2.75, 3.05) is 0 Å². The van der Waals surface area contributed by atoms with Gasteiger partial charge in [0, 0.05) is 5.02 Å². The second-order valence-corrected chi connectivity index (χ2v) is 5.97. The lowest BCUT2D eigenvalue weighted by molar-refractivity contribution is -0.138. The number of hydrogen-bond donors (Lipinski definition) is 2. The number of thioether (sulfide) groups is 1. The molecule has 1 aromatic carbocycles. The van der Waals surface area contributed by atoms with Crippen LogP contribution >= 0.6 is 23.4 Å². The van der Waals surface area contributed by atoms with E-state index in [-0.39, 0.29) is 12.3 Å². The van der Waals surface area contributed by atoms with E-state index in [0.29, 0.717) is 10.2 Å². The maximum atomic E-state index is 11.5. The lowest BCUT2D eigenvalue weighted by Gasteiger charge is -1.99. The van der Waals surface area contributed by atoms with Crippen LogP contribution in [0.25, 0.3) is 0 Å². The van der Waals surface area contributed by atoms with Crippen LogP contribution in [0, 0.1) is 6.92 Å². The van der Waals surface area contributed by atoms with Crippen molar-refractivity contribution < 1.29 is 14.7 Å². The first-order valence-corrected chi connectivity index (χ1v) is 7.28. The number of carbonyl (C=O) groups excluding carboxylic acids is 1. The van der Waals surface area contributed by atoms with Crippen molar-refractivity contribution in [2.24, 2.45) is 10.2 Å². The quantitative estimate of drug-likeness (QED) is 0.654. The van der Waals surface area contributed by atoms with Crippen LogP contribution in [0.15, 0.2) is 28.4 Å². The van der Waals surface area contributed by atoms with Crippen molar-refractivity contribution in [1.29, 1.82) is 0 Å². The highest BCUT2D eigenvalue weighted by Gasteiger charge is 2.32. The van der Waals surface area contributed by atoms with Crippen LogP contribution in [0.3, 0.4) is 0 Å². The molecule has 2 rings (SSSR count). The van der Waals surface area contributed by atoms with E-state index in [0.717, 1.165) is 22.9 Å². The van der Waals surface area contributed by atoms with Crippen LogP contribution in [0.5, 0.6) is 0 Å². The molecule has 0 radical (unpaired) electrons. The SMILES string of the molecule is Cc1cc(Cl)ccc1C=NN=C1NC(=O)C(CC(=O)O)S1. The fourth-order valence-corrected chi connectivity index (χ4v) is 2.81. The van der Waals surface area contributed by atoms with Crippen molar-refractivity contribution in [3.63, 3.8) is 0 Å². The summed E-state index contributed by atoms with van der Waals surface area (Å²) in [7, 11) is 0. The molecule has 1 aromatic rings. The zero-order valence-corrected chi connectivity index (χ0v) is 12.6. The number of carboxylic acids is 1. The molecule has 0 spiro atoms. The Morgan fingerprint density at radius 2 is 2.33 bits per heavy atom. The highest BCUT2D eigenvalue weighted by atomic mass is 35.5. The summed E-state index contributed by atoms with van der Waals surface area (Å²) >= 11 is 6.92. The minimum atomic E-state index is -1.02. The first-order valence-electron chi connectivity index (χ1n) is 6.02. The minimum absolute atomic E-state index is 0.241. The predicted octanol–water partition coefficient (Wildman–Crippen LogP) is 2.04. The number of nitrogens with one attached hydrogen (secondary N) is 1. The molecule has 0 saturated carbocycles. The Morgan fingerprint density at radius 3 is 3.00 bits per heavy atom. The summed E-state index contributed by atoms with van der Waals surface area (Å²) in [4.78, 5) is 22.1. The van der Waals surface area contributed by atoms with Gasteiger partial charge in [-0.25, -0.2) is 0 Å². The third kappa shape index (κ3) is 4.30. The van der Waals surface area contributed by atoms with E-state index < -0.39 is 11.2 Å². The zero-order valence-electron chi connectivity index (χ0n) is 11.0. The first-order chi connectivity index (χ1) is 9.95. The molecule has 1 fully saturated rings. The van der Waals surface area contributed by atoms with E-state index in [1.54, 1.807) is 12.3 Å². The number of aryl methyl sites for hydroxylation is 1. The Morgan fingerprint density at radius 1 is 1.57 bits per heavy atom. The Kier molecular flexibility index (Phi) is 4.98. The van der Waals surface area contributed by atoms with Crippen LogP contribution in [0.4, 0.5) is 0 Å². The highest BCUT2D eigenvalue weighted by molar-refractivity contribution is 8.15. The number of benzene rings is 1. The van der Waals surface area contributed by atoms with Crippen molar-refractivity contribution in [1.82, 2.24) is 5.32 Å². The van der Waals surface area contributed by atoms with Crippen LogP contribution in [-0.2, 0) is 9.59 Å². The van der Waals surface area contributed by atoms with Crippen molar-refractivity contribution >= 4 is 46.6 Å². The smallest absolute Gasteiger partial charge is 0.305 e. The van der Waals surface area contributed by atoms with E-state index in [1.165, 1.54) is 0 Å². The number of aliphatic carboxylic acids is 1. The van der Waals surface area contributed by atoms with E-state index in [4.69, 9.17) is 16.7 Å². The number of hydrogen-bond acceptors (Lipinski definition) is 5. The van der Waals surface area contributed by atoms with Gasteiger partial charge in [0.05, 0.1) is 12.6 Å². The molecule has 21 heavy (non-hydrogen) atoms. The lowest BCUT2D eigenvalue weighted by Crippen LogP contribution is -2.26. The third-order valence-corrected chi connectivity index (χ3v) is 4.02. The minimum Gasteiger partial charge on any atom is -0.481 e. The van der Waals surface area contributed by atoms with Crippen LogP contribution in [-0.4, -0.2) is 33.6 Å². The Hall–Kier alpha value is -1.86. The van der Waals surface area contributed by atoms with Gasteiger partial charge in [-0.2, -0.15) is 5.10 Å². The van der Waals surface area contributed by atoms with E-state index >= 15 is 0 Å². The topological polar surface area (TPSA) is 91.1 Å². The van der Waals surface area contributed by atoms with Gasteiger partial charge in [-0.05, 0) is 30.2 Å². The Bertz CT molecular complexity index is 646. The normalized spacial score (nSPS) is 20.2. The van der Waals surface area contributed by atoms with Crippen LogP contribution < -0.4 is 5.32 Å². The monoisotopic (exact) mass is 325 g/mol. The number of carboxylic acid groups (broad SMARTS) is 1. The molecular formula is C13H12ClN3O3S. The largest absolute Gasteiger partial charge is 0.481 e. The maximum absolute atomic E-state index is 11.5. The summed E-state index contributed by atoms with van der Waals surface area (Å²) in [5.74, 6) is -1.39. The fraction of sp³-hybridized carbons (Fsp3) is 0.231. The number of nitrogens with zero attached hydrogens (tertiary/aromatic N) is 2. The predicted molar refractivity (Wildman–Crippen MR) is 83.0 cm³/mol. The molecule has 0 aromatic heterocycles. The summed E-state index contributed by atoms with van der Waals surface area (Å²) in [5.41, 5.74) is 1.82. The summed E-state index contributed by atoms with van der Waals surface area (Å²) in [6.45, 7) is 1.90. The second kappa shape index (κ2) is 6.73. The van der Waals surface area contributed by atoms with E-state index in [1.807, 2.05) is 19.1 Å². The van der Waals surface area contributed by atoms with Crippen molar-refractivity contribution in [3.05, 3.63) is 34.3 Å². The lowest BCUT2D eigenvalue weighted by atomic mass is 10.1. The molecule has 1 aliphatic rings.